The zero-order valence-electron chi connectivity index (χ0n) is 24.7. The fraction of sp³-hybridized carbons (Fsp3) is 0.625. The van der Waals surface area contributed by atoms with Crippen LogP contribution in [0.4, 0.5) is 0 Å². The van der Waals surface area contributed by atoms with Gasteiger partial charge in [0.1, 0.15) is 12.4 Å². The van der Waals surface area contributed by atoms with Crippen molar-refractivity contribution in [3.8, 4) is 5.75 Å². The summed E-state index contributed by atoms with van der Waals surface area (Å²) in [6.07, 6.45) is 6.76. The standard InChI is InChI=1S/C32H51N3O3/c1-8-9-14-35-31(37)23(4)17-29(36)28(33)20-26(22(2)3)18-25-10-11-27(32(5,6)7)30(19-25)38-21-24-12-15-34-16-13-24/h10-13,15-16,19,22-23,26,28-29,36H,8-9,14,17-18,20-21,33H2,1-7H3,(H,35,37)/t23?,26-,28-,29-/m0/s1. The normalized spacial score (nSPS) is 15.1. The van der Waals surface area contributed by atoms with E-state index in [2.05, 4.69) is 70.0 Å². The minimum Gasteiger partial charge on any atom is -0.489 e. The van der Waals surface area contributed by atoms with E-state index in [4.69, 9.17) is 10.5 Å². The molecule has 0 aliphatic heterocycles. The number of hydrogen-bond acceptors (Lipinski definition) is 5. The summed E-state index contributed by atoms with van der Waals surface area (Å²) in [6.45, 7) is 16.1. The van der Waals surface area contributed by atoms with Gasteiger partial charge in [0.15, 0.2) is 0 Å². The van der Waals surface area contributed by atoms with Gasteiger partial charge < -0.3 is 20.9 Å². The Bertz CT molecular complexity index is 972. The highest BCUT2D eigenvalue weighted by atomic mass is 16.5. The van der Waals surface area contributed by atoms with Crippen LogP contribution in [0, 0.1) is 17.8 Å². The first-order valence-electron chi connectivity index (χ1n) is 14.3. The van der Waals surface area contributed by atoms with Crippen molar-refractivity contribution >= 4 is 5.91 Å². The van der Waals surface area contributed by atoms with Crippen molar-refractivity contribution in [2.24, 2.45) is 23.5 Å². The van der Waals surface area contributed by atoms with E-state index in [1.807, 2.05) is 19.1 Å². The Balaban J connectivity index is 2.08. The lowest BCUT2D eigenvalue weighted by Gasteiger charge is -2.29. The molecule has 6 heteroatoms. The monoisotopic (exact) mass is 525 g/mol. The van der Waals surface area contributed by atoms with Gasteiger partial charge in [-0.3, -0.25) is 9.78 Å². The third-order valence-corrected chi connectivity index (χ3v) is 7.38. The second-order valence-corrected chi connectivity index (χ2v) is 12.2. The molecule has 1 amide bonds. The van der Waals surface area contributed by atoms with Gasteiger partial charge in [-0.2, -0.15) is 0 Å². The largest absolute Gasteiger partial charge is 0.489 e. The molecule has 0 aliphatic carbocycles. The maximum atomic E-state index is 12.3. The summed E-state index contributed by atoms with van der Waals surface area (Å²) in [5.74, 6) is 1.31. The number of carbonyl (C=O) groups is 1. The van der Waals surface area contributed by atoms with Crippen LogP contribution in [0.3, 0.4) is 0 Å². The maximum absolute atomic E-state index is 12.3. The number of hydrogen-bond donors (Lipinski definition) is 3. The molecule has 0 bridgehead atoms. The zero-order valence-corrected chi connectivity index (χ0v) is 24.7. The van der Waals surface area contributed by atoms with Crippen LogP contribution in [0.5, 0.6) is 5.75 Å². The third kappa shape index (κ3) is 10.4. The summed E-state index contributed by atoms with van der Waals surface area (Å²) in [7, 11) is 0. The molecule has 0 saturated carbocycles. The molecule has 1 heterocycles. The number of benzene rings is 1. The van der Waals surface area contributed by atoms with E-state index in [1.54, 1.807) is 12.4 Å². The van der Waals surface area contributed by atoms with Gasteiger partial charge in [0, 0.05) is 30.9 Å². The van der Waals surface area contributed by atoms with Crippen molar-refractivity contribution in [2.45, 2.75) is 105 Å². The van der Waals surface area contributed by atoms with E-state index in [-0.39, 0.29) is 23.3 Å². The summed E-state index contributed by atoms with van der Waals surface area (Å²) < 4.78 is 6.32. The number of aliphatic hydroxyl groups excluding tert-OH is 1. The van der Waals surface area contributed by atoms with Crippen LogP contribution in [0.15, 0.2) is 42.7 Å². The highest BCUT2D eigenvalue weighted by molar-refractivity contribution is 5.78. The van der Waals surface area contributed by atoms with E-state index >= 15 is 0 Å². The molecule has 212 valence electrons. The second kappa shape index (κ2) is 15.2. The molecular weight excluding hydrogens is 474 g/mol. The van der Waals surface area contributed by atoms with Crippen molar-refractivity contribution in [3.63, 3.8) is 0 Å². The van der Waals surface area contributed by atoms with E-state index in [9.17, 15) is 9.90 Å². The number of nitrogens with two attached hydrogens (primary N) is 1. The number of aromatic nitrogens is 1. The molecule has 4 N–H and O–H groups in total. The van der Waals surface area contributed by atoms with Gasteiger partial charge in [-0.25, -0.2) is 0 Å². The average Bonchev–Trinajstić information content (AvgIpc) is 2.86. The Morgan fingerprint density at radius 1 is 1.08 bits per heavy atom. The van der Waals surface area contributed by atoms with Gasteiger partial charge in [-0.15, -0.1) is 0 Å². The lowest BCUT2D eigenvalue weighted by molar-refractivity contribution is -0.125. The minimum absolute atomic E-state index is 0.0108. The molecule has 1 aromatic heterocycles. The van der Waals surface area contributed by atoms with Crippen molar-refractivity contribution in [3.05, 3.63) is 59.4 Å². The Labute approximate surface area is 230 Å². The SMILES string of the molecule is CCCCNC(=O)C(C)C[C@H](O)[C@@H](N)C[C@H](Cc1ccc(C(C)(C)C)c(OCc2ccncc2)c1)C(C)C. The van der Waals surface area contributed by atoms with E-state index in [0.29, 0.717) is 37.8 Å². The highest BCUT2D eigenvalue weighted by Gasteiger charge is 2.26. The number of unbranched alkanes of at least 4 members (excludes halogenated alkanes) is 1. The predicted octanol–water partition coefficient (Wildman–Crippen LogP) is 5.79. The number of nitrogens with one attached hydrogen (secondary N) is 1. The number of pyridine rings is 1. The van der Waals surface area contributed by atoms with Crippen LogP contribution in [0.25, 0.3) is 0 Å². The summed E-state index contributed by atoms with van der Waals surface area (Å²) in [5.41, 5.74) is 9.90. The Hall–Kier alpha value is -2.44. The zero-order chi connectivity index (χ0) is 28.3. The first-order valence-corrected chi connectivity index (χ1v) is 14.3. The highest BCUT2D eigenvalue weighted by Crippen LogP contribution is 2.34. The number of ether oxygens (including phenoxy) is 1. The molecule has 1 unspecified atom stereocenters. The smallest absolute Gasteiger partial charge is 0.222 e. The van der Waals surface area contributed by atoms with Gasteiger partial charge in [-0.05, 0) is 77.8 Å². The summed E-state index contributed by atoms with van der Waals surface area (Å²) in [5, 5.41) is 13.8. The molecule has 0 radical (unpaired) electrons. The molecule has 0 aliphatic rings. The number of rotatable bonds is 15. The van der Waals surface area contributed by atoms with E-state index in [1.165, 1.54) is 11.1 Å². The van der Waals surface area contributed by atoms with Crippen molar-refractivity contribution in [1.82, 2.24) is 10.3 Å². The van der Waals surface area contributed by atoms with E-state index < -0.39 is 6.10 Å². The van der Waals surface area contributed by atoms with Crippen LogP contribution >= 0.6 is 0 Å². The molecule has 2 rings (SSSR count). The molecule has 38 heavy (non-hydrogen) atoms. The van der Waals surface area contributed by atoms with Crippen LogP contribution in [0.1, 0.15) is 90.8 Å². The molecule has 0 spiro atoms. The van der Waals surface area contributed by atoms with Gasteiger partial charge in [0.2, 0.25) is 5.91 Å². The molecule has 2 aromatic rings. The van der Waals surface area contributed by atoms with Gasteiger partial charge in [0.05, 0.1) is 6.10 Å². The van der Waals surface area contributed by atoms with Gasteiger partial charge in [-0.1, -0.05) is 67.0 Å². The lowest BCUT2D eigenvalue weighted by atomic mass is 9.81. The second-order valence-electron chi connectivity index (χ2n) is 12.2. The van der Waals surface area contributed by atoms with Crippen LogP contribution < -0.4 is 15.8 Å². The summed E-state index contributed by atoms with van der Waals surface area (Å²) in [4.78, 5) is 16.4. The molecular formula is C32H51N3O3. The van der Waals surface area contributed by atoms with Gasteiger partial charge >= 0.3 is 0 Å². The minimum atomic E-state index is -0.717. The molecule has 6 nitrogen and oxygen atoms in total. The average molecular weight is 526 g/mol. The van der Waals surface area contributed by atoms with Crippen LogP contribution in [-0.4, -0.2) is 34.7 Å². The van der Waals surface area contributed by atoms with Crippen molar-refractivity contribution < 1.29 is 14.6 Å². The summed E-state index contributed by atoms with van der Waals surface area (Å²) >= 11 is 0. The number of carbonyl (C=O) groups excluding carboxylic acids is 1. The van der Waals surface area contributed by atoms with Crippen molar-refractivity contribution in [2.75, 3.05) is 6.54 Å². The number of nitrogens with zero attached hydrogens (tertiary/aromatic N) is 1. The lowest BCUT2D eigenvalue weighted by Crippen LogP contribution is -2.41. The van der Waals surface area contributed by atoms with Crippen LogP contribution in [-0.2, 0) is 23.2 Å². The fourth-order valence-corrected chi connectivity index (χ4v) is 4.68. The predicted molar refractivity (Wildman–Crippen MR) is 156 cm³/mol. The fourth-order valence-electron chi connectivity index (χ4n) is 4.68. The van der Waals surface area contributed by atoms with E-state index in [0.717, 1.165) is 30.6 Å². The Morgan fingerprint density at radius 3 is 2.37 bits per heavy atom. The number of amides is 1. The Kier molecular flexibility index (Phi) is 12.7. The maximum Gasteiger partial charge on any atom is 0.222 e. The molecule has 0 fully saturated rings. The molecule has 4 atom stereocenters. The third-order valence-electron chi connectivity index (χ3n) is 7.38. The molecule has 1 aromatic carbocycles. The summed E-state index contributed by atoms with van der Waals surface area (Å²) in [6, 6.07) is 10.1. The number of aliphatic hydroxyl groups is 1. The van der Waals surface area contributed by atoms with Crippen molar-refractivity contribution in [1.29, 1.82) is 0 Å². The Morgan fingerprint density at radius 2 is 1.76 bits per heavy atom. The van der Waals surface area contributed by atoms with Gasteiger partial charge in [0.25, 0.3) is 0 Å². The topological polar surface area (TPSA) is 97.5 Å². The first-order chi connectivity index (χ1) is 17.9. The quantitative estimate of drug-likeness (QED) is 0.256. The molecule has 0 saturated heterocycles. The van der Waals surface area contributed by atoms with Crippen LogP contribution in [0.2, 0.25) is 0 Å². The first kappa shape index (κ1) is 31.8.